The lowest BCUT2D eigenvalue weighted by atomic mass is 10.2. The lowest BCUT2D eigenvalue weighted by Crippen LogP contribution is -2.44. The summed E-state index contributed by atoms with van der Waals surface area (Å²) in [5.74, 6) is 1.05. The fourth-order valence-electron chi connectivity index (χ4n) is 2.96. The van der Waals surface area contributed by atoms with Crippen molar-refractivity contribution in [3.8, 4) is 0 Å². The molecule has 134 valence electrons. The average molecular weight is 352 g/mol. The SMILES string of the molecule is CN=C(NCCCN1CCCC1C(=O)N(C)C)NCc1ccsc1. The highest BCUT2D eigenvalue weighted by molar-refractivity contribution is 7.07. The number of carbonyl (C=O) groups excluding carboxylic acids is 1. The zero-order chi connectivity index (χ0) is 17.4. The predicted octanol–water partition coefficient (Wildman–Crippen LogP) is 1.36. The van der Waals surface area contributed by atoms with Gasteiger partial charge in [0.25, 0.3) is 0 Å². The molecule has 24 heavy (non-hydrogen) atoms. The molecule has 1 atom stereocenters. The van der Waals surface area contributed by atoms with Crippen LogP contribution in [0.4, 0.5) is 0 Å². The fraction of sp³-hybridized carbons (Fsp3) is 0.647. The van der Waals surface area contributed by atoms with E-state index < -0.39 is 0 Å². The van der Waals surface area contributed by atoms with Crippen LogP contribution in [-0.2, 0) is 11.3 Å². The highest BCUT2D eigenvalue weighted by atomic mass is 32.1. The fourth-order valence-corrected chi connectivity index (χ4v) is 3.63. The monoisotopic (exact) mass is 351 g/mol. The molecule has 0 radical (unpaired) electrons. The molecule has 1 unspecified atom stereocenters. The van der Waals surface area contributed by atoms with Crippen molar-refractivity contribution in [3.63, 3.8) is 0 Å². The van der Waals surface area contributed by atoms with Crippen molar-refractivity contribution in [2.24, 2.45) is 4.99 Å². The number of guanidine groups is 1. The summed E-state index contributed by atoms with van der Waals surface area (Å²) in [7, 11) is 5.46. The summed E-state index contributed by atoms with van der Waals surface area (Å²) in [6, 6.07) is 2.18. The third-order valence-electron chi connectivity index (χ3n) is 4.27. The summed E-state index contributed by atoms with van der Waals surface area (Å²) in [6.45, 7) is 3.60. The van der Waals surface area contributed by atoms with E-state index in [1.807, 2.05) is 14.1 Å². The first-order chi connectivity index (χ1) is 11.6. The van der Waals surface area contributed by atoms with Crippen LogP contribution in [0.15, 0.2) is 21.8 Å². The van der Waals surface area contributed by atoms with Gasteiger partial charge in [0.2, 0.25) is 5.91 Å². The van der Waals surface area contributed by atoms with Crippen molar-refractivity contribution in [2.75, 3.05) is 40.8 Å². The second-order valence-corrected chi connectivity index (χ2v) is 7.04. The van der Waals surface area contributed by atoms with Gasteiger partial charge in [0.1, 0.15) is 0 Å². The summed E-state index contributed by atoms with van der Waals surface area (Å²) in [5, 5.41) is 10.9. The second-order valence-electron chi connectivity index (χ2n) is 6.26. The smallest absolute Gasteiger partial charge is 0.239 e. The summed E-state index contributed by atoms with van der Waals surface area (Å²) in [5.41, 5.74) is 1.27. The van der Waals surface area contributed by atoms with Crippen molar-refractivity contribution in [1.29, 1.82) is 0 Å². The lowest BCUT2D eigenvalue weighted by Gasteiger charge is -2.26. The van der Waals surface area contributed by atoms with Gasteiger partial charge in [0, 0.05) is 40.8 Å². The van der Waals surface area contributed by atoms with Crippen LogP contribution in [-0.4, -0.2) is 68.5 Å². The van der Waals surface area contributed by atoms with E-state index in [1.165, 1.54) is 5.56 Å². The number of thiophene rings is 1. The Hall–Kier alpha value is -1.60. The molecule has 1 fully saturated rings. The van der Waals surface area contributed by atoms with Crippen molar-refractivity contribution in [1.82, 2.24) is 20.4 Å². The van der Waals surface area contributed by atoms with Gasteiger partial charge in [-0.3, -0.25) is 14.7 Å². The van der Waals surface area contributed by atoms with Crippen LogP contribution in [0.5, 0.6) is 0 Å². The van der Waals surface area contributed by atoms with E-state index in [2.05, 4.69) is 37.4 Å². The minimum Gasteiger partial charge on any atom is -0.356 e. The third kappa shape index (κ3) is 5.49. The highest BCUT2D eigenvalue weighted by Gasteiger charge is 2.30. The largest absolute Gasteiger partial charge is 0.356 e. The molecule has 0 aliphatic carbocycles. The maximum absolute atomic E-state index is 12.2. The van der Waals surface area contributed by atoms with Gasteiger partial charge in [-0.25, -0.2) is 0 Å². The van der Waals surface area contributed by atoms with E-state index >= 15 is 0 Å². The molecule has 1 aromatic heterocycles. The number of aliphatic imine (C=N–C) groups is 1. The molecule has 2 N–H and O–H groups in total. The van der Waals surface area contributed by atoms with E-state index in [0.29, 0.717) is 0 Å². The molecular formula is C17H29N5OS. The Morgan fingerprint density at radius 2 is 2.29 bits per heavy atom. The molecule has 1 saturated heterocycles. The van der Waals surface area contributed by atoms with Crippen LogP contribution in [0.3, 0.4) is 0 Å². The van der Waals surface area contributed by atoms with Gasteiger partial charge in [-0.1, -0.05) is 0 Å². The van der Waals surface area contributed by atoms with Crippen molar-refractivity contribution < 1.29 is 4.79 Å². The summed E-state index contributed by atoms with van der Waals surface area (Å²) < 4.78 is 0. The van der Waals surface area contributed by atoms with Crippen LogP contribution < -0.4 is 10.6 Å². The number of hydrogen-bond donors (Lipinski definition) is 2. The summed E-state index contributed by atoms with van der Waals surface area (Å²) in [4.78, 5) is 20.4. The number of rotatable bonds is 7. The Kier molecular flexibility index (Phi) is 7.52. The van der Waals surface area contributed by atoms with E-state index in [9.17, 15) is 4.79 Å². The second kappa shape index (κ2) is 9.64. The molecule has 1 aromatic rings. The first-order valence-corrected chi connectivity index (χ1v) is 9.47. The number of likely N-dealkylation sites (N-methyl/N-ethyl adjacent to an activating group) is 1. The van der Waals surface area contributed by atoms with Crippen LogP contribution >= 0.6 is 11.3 Å². The third-order valence-corrected chi connectivity index (χ3v) is 5.00. The van der Waals surface area contributed by atoms with E-state index in [-0.39, 0.29) is 11.9 Å². The Balaban J connectivity index is 1.66. The number of likely N-dealkylation sites (tertiary alicyclic amines) is 1. The predicted molar refractivity (Wildman–Crippen MR) is 100 cm³/mol. The van der Waals surface area contributed by atoms with Gasteiger partial charge < -0.3 is 15.5 Å². The van der Waals surface area contributed by atoms with Gasteiger partial charge in [-0.15, -0.1) is 0 Å². The summed E-state index contributed by atoms with van der Waals surface area (Å²) in [6.07, 6.45) is 3.09. The van der Waals surface area contributed by atoms with Crippen molar-refractivity contribution >= 4 is 23.2 Å². The molecule has 1 aliphatic rings. The molecule has 0 aromatic carbocycles. The van der Waals surface area contributed by atoms with E-state index in [4.69, 9.17) is 0 Å². The Morgan fingerprint density at radius 3 is 2.96 bits per heavy atom. The zero-order valence-corrected chi connectivity index (χ0v) is 15.7. The molecule has 0 spiro atoms. The quantitative estimate of drug-likeness (QED) is 0.442. The minimum absolute atomic E-state index is 0.0658. The maximum Gasteiger partial charge on any atom is 0.239 e. The van der Waals surface area contributed by atoms with Gasteiger partial charge in [0.15, 0.2) is 5.96 Å². The molecule has 0 bridgehead atoms. The Labute approximate surface area is 148 Å². The normalized spacial score (nSPS) is 18.6. The molecule has 0 saturated carbocycles. The van der Waals surface area contributed by atoms with E-state index in [0.717, 1.165) is 51.4 Å². The number of hydrogen-bond acceptors (Lipinski definition) is 4. The number of nitrogens with one attached hydrogen (secondary N) is 2. The molecule has 2 heterocycles. The standard InChI is InChI=1S/C17H29N5OS/c1-18-17(20-12-14-7-11-24-13-14)19-8-5-10-22-9-4-6-15(22)16(23)21(2)3/h7,11,13,15H,4-6,8-10,12H2,1-3H3,(H2,18,19,20). The first kappa shape index (κ1) is 18.7. The number of carbonyl (C=O) groups is 1. The van der Waals surface area contributed by atoms with Crippen molar-refractivity contribution in [3.05, 3.63) is 22.4 Å². The van der Waals surface area contributed by atoms with Gasteiger partial charge in [-0.05, 0) is 48.2 Å². The lowest BCUT2D eigenvalue weighted by molar-refractivity contribution is -0.133. The van der Waals surface area contributed by atoms with Gasteiger partial charge >= 0.3 is 0 Å². The van der Waals surface area contributed by atoms with E-state index in [1.54, 1.807) is 23.3 Å². The average Bonchev–Trinajstić information content (AvgIpc) is 3.24. The molecule has 1 amide bonds. The van der Waals surface area contributed by atoms with Crippen LogP contribution in [0.25, 0.3) is 0 Å². The van der Waals surface area contributed by atoms with Crippen LogP contribution in [0.2, 0.25) is 0 Å². The van der Waals surface area contributed by atoms with Gasteiger partial charge in [0.05, 0.1) is 6.04 Å². The Morgan fingerprint density at radius 1 is 1.46 bits per heavy atom. The first-order valence-electron chi connectivity index (χ1n) is 8.52. The Bertz CT molecular complexity index is 529. The maximum atomic E-state index is 12.2. The highest BCUT2D eigenvalue weighted by Crippen LogP contribution is 2.18. The summed E-state index contributed by atoms with van der Waals surface area (Å²) >= 11 is 1.70. The molecular weight excluding hydrogens is 322 g/mol. The molecule has 7 heteroatoms. The van der Waals surface area contributed by atoms with Crippen molar-refractivity contribution in [2.45, 2.75) is 31.8 Å². The van der Waals surface area contributed by atoms with Crippen LogP contribution in [0.1, 0.15) is 24.8 Å². The zero-order valence-electron chi connectivity index (χ0n) is 14.9. The molecule has 2 rings (SSSR count). The van der Waals surface area contributed by atoms with Crippen LogP contribution in [0, 0.1) is 0 Å². The number of amides is 1. The molecule has 1 aliphatic heterocycles. The topological polar surface area (TPSA) is 60.0 Å². The number of nitrogens with zero attached hydrogens (tertiary/aromatic N) is 3. The minimum atomic E-state index is 0.0658. The van der Waals surface area contributed by atoms with Gasteiger partial charge in [-0.2, -0.15) is 11.3 Å². The molecule has 6 nitrogen and oxygen atoms in total.